The predicted octanol–water partition coefficient (Wildman–Crippen LogP) is 2.17. The third kappa shape index (κ3) is 12.3. The Bertz CT molecular complexity index is 287. The summed E-state index contributed by atoms with van der Waals surface area (Å²) in [5, 5.41) is 36.2. The van der Waals surface area contributed by atoms with Crippen LogP contribution >= 0.6 is 0 Å². The molecule has 6 nitrogen and oxygen atoms in total. The number of carboxylic acid groups (broad SMARTS) is 2. The van der Waals surface area contributed by atoms with Crippen LogP contribution in [-0.4, -0.2) is 44.6 Å². The lowest BCUT2D eigenvalue weighted by Gasteiger charge is -2.24. The zero-order valence-electron chi connectivity index (χ0n) is 12.6. The summed E-state index contributed by atoms with van der Waals surface area (Å²) >= 11 is 0. The van der Waals surface area contributed by atoms with E-state index in [1.807, 2.05) is 0 Å². The average molecular weight is 304 g/mol. The molecule has 0 atom stereocenters. The lowest BCUT2D eigenvalue weighted by atomic mass is 9.89. The zero-order valence-corrected chi connectivity index (χ0v) is 12.6. The van der Waals surface area contributed by atoms with Crippen LogP contribution in [0.4, 0.5) is 0 Å². The van der Waals surface area contributed by atoms with Crippen LogP contribution in [0, 0.1) is 0 Å². The molecule has 0 aliphatic carbocycles. The number of aliphatic carboxylic acids is 2. The third-order valence-electron chi connectivity index (χ3n) is 3.51. The van der Waals surface area contributed by atoms with Gasteiger partial charge >= 0.3 is 11.9 Å². The summed E-state index contributed by atoms with van der Waals surface area (Å²) in [4.78, 5) is 21.4. The van der Waals surface area contributed by atoms with Crippen molar-refractivity contribution in [2.24, 2.45) is 0 Å². The molecule has 0 aromatic rings. The second kappa shape index (κ2) is 11.5. The Morgan fingerprint density at radius 3 is 1.48 bits per heavy atom. The van der Waals surface area contributed by atoms with Gasteiger partial charge in [0.2, 0.25) is 0 Å². The molecule has 0 heterocycles. The van der Waals surface area contributed by atoms with E-state index in [1.54, 1.807) is 0 Å². The Labute approximate surface area is 125 Å². The minimum atomic E-state index is -1.64. The highest BCUT2D eigenvalue weighted by Gasteiger charge is 2.32. The lowest BCUT2D eigenvalue weighted by molar-refractivity contribution is -0.149. The summed E-state index contributed by atoms with van der Waals surface area (Å²) in [6.07, 6.45) is 6.80. The smallest absolute Gasteiger partial charge is 0.306 e. The van der Waals surface area contributed by atoms with Crippen molar-refractivity contribution >= 4 is 11.9 Å². The van der Waals surface area contributed by atoms with Gasteiger partial charge in [0.25, 0.3) is 0 Å². The number of carbonyl (C=O) groups is 2. The number of hydrogen-bond donors (Lipinski definition) is 4. The maximum atomic E-state index is 10.7. The summed E-state index contributed by atoms with van der Waals surface area (Å²) in [6.45, 7) is 0.242. The van der Waals surface area contributed by atoms with Gasteiger partial charge in [-0.2, -0.15) is 0 Å². The number of hydrogen-bond acceptors (Lipinski definition) is 4. The van der Waals surface area contributed by atoms with Gasteiger partial charge in [-0.25, -0.2) is 0 Å². The number of carboxylic acids is 2. The summed E-state index contributed by atoms with van der Waals surface area (Å²) in [7, 11) is 0. The second-order valence-corrected chi connectivity index (χ2v) is 5.67. The molecule has 0 saturated carbocycles. The molecular formula is C15H28O6. The van der Waals surface area contributed by atoms with Gasteiger partial charge in [0.15, 0.2) is 0 Å². The van der Waals surface area contributed by atoms with E-state index < -0.39 is 30.4 Å². The molecule has 0 bridgehead atoms. The first kappa shape index (κ1) is 19.9. The van der Waals surface area contributed by atoms with Crippen molar-refractivity contribution in [2.45, 2.75) is 76.2 Å². The van der Waals surface area contributed by atoms with Crippen LogP contribution in [0.15, 0.2) is 0 Å². The number of aliphatic hydroxyl groups is 2. The first-order valence-corrected chi connectivity index (χ1v) is 7.66. The fourth-order valence-corrected chi connectivity index (χ4v) is 2.43. The van der Waals surface area contributed by atoms with E-state index in [-0.39, 0.29) is 13.0 Å². The molecule has 6 heteroatoms. The van der Waals surface area contributed by atoms with E-state index in [9.17, 15) is 14.7 Å². The molecule has 21 heavy (non-hydrogen) atoms. The van der Waals surface area contributed by atoms with Gasteiger partial charge in [-0.05, 0) is 12.8 Å². The average Bonchev–Trinajstić information content (AvgIpc) is 2.34. The topological polar surface area (TPSA) is 115 Å². The minimum absolute atomic E-state index is 0.204. The zero-order chi connectivity index (χ0) is 16.1. The highest BCUT2D eigenvalue weighted by atomic mass is 16.4. The molecule has 0 aliphatic rings. The predicted molar refractivity (Wildman–Crippen MR) is 78.1 cm³/mol. The Kier molecular flexibility index (Phi) is 10.9. The fourth-order valence-electron chi connectivity index (χ4n) is 2.43. The van der Waals surface area contributed by atoms with Gasteiger partial charge in [0, 0.05) is 6.61 Å². The maximum Gasteiger partial charge on any atom is 0.306 e. The minimum Gasteiger partial charge on any atom is -0.481 e. The van der Waals surface area contributed by atoms with Gasteiger partial charge in [0.05, 0.1) is 18.4 Å². The van der Waals surface area contributed by atoms with Crippen LogP contribution in [0.3, 0.4) is 0 Å². The van der Waals surface area contributed by atoms with E-state index in [1.165, 1.54) is 0 Å². The van der Waals surface area contributed by atoms with Gasteiger partial charge in [0.1, 0.15) is 0 Å². The van der Waals surface area contributed by atoms with E-state index in [0.29, 0.717) is 6.42 Å². The highest BCUT2D eigenvalue weighted by molar-refractivity contribution is 5.72. The van der Waals surface area contributed by atoms with Crippen molar-refractivity contribution in [1.29, 1.82) is 0 Å². The Morgan fingerprint density at radius 2 is 1.10 bits per heavy atom. The van der Waals surface area contributed by atoms with Crippen molar-refractivity contribution in [2.75, 3.05) is 6.61 Å². The second-order valence-electron chi connectivity index (χ2n) is 5.67. The third-order valence-corrected chi connectivity index (χ3v) is 3.51. The normalized spacial score (nSPS) is 11.5. The number of rotatable bonds is 14. The number of aliphatic hydroxyl groups excluding tert-OH is 1. The molecule has 0 unspecified atom stereocenters. The van der Waals surface area contributed by atoms with Gasteiger partial charge in [-0.15, -0.1) is 0 Å². The van der Waals surface area contributed by atoms with Crippen LogP contribution in [0.5, 0.6) is 0 Å². The van der Waals surface area contributed by atoms with E-state index in [0.717, 1.165) is 44.9 Å². The first-order chi connectivity index (χ1) is 9.89. The molecule has 4 N–H and O–H groups in total. The van der Waals surface area contributed by atoms with Crippen LogP contribution in [-0.2, 0) is 9.59 Å². The monoisotopic (exact) mass is 304 g/mol. The summed E-state index contributed by atoms with van der Waals surface area (Å²) in [5.41, 5.74) is -1.64. The standard InChI is InChI=1S/C15H28O6/c16-10-8-6-4-2-1-3-5-7-9-15(21,11-13(17)18)12-14(19)20/h16,21H,1-12H2,(H,17,18)(H,19,20). The molecular weight excluding hydrogens is 276 g/mol. The van der Waals surface area contributed by atoms with Gasteiger partial charge < -0.3 is 20.4 Å². The molecule has 0 aromatic carbocycles. The van der Waals surface area contributed by atoms with Gasteiger partial charge in [-0.3, -0.25) is 9.59 Å². The van der Waals surface area contributed by atoms with Crippen molar-refractivity contribution in [3.63, 3.8) is 0 Å². The maximum absolute atomic E-state index is 10.7. The van der Waals surface area contributed by atoms with Crippen LogP contribution in [0.25, 0.3) is 0 Å². The van der Waals surface area contributed by atoms with E-state index >= 15 is 0 Å². The molecule has 0 fully saturated rings. The summed E-state index contributed by atoms with van der Waals surface area (Å²) in [6, 6.07) is 0. The molecule has 0 aliphatic heterocycles. The Morgan fingerprint density at radius 1 is 0.714 bits per heavy atom. The highest BCUT2D eigenvalue weighted by Crippen LogP contribution is 2.24. The van der Waals surface area contributed by atoms with Crippen LogP contribution in [0.1, 0.15) is 70.6 Å². The van der Waals surface area contributed by atoms with E-state index in [4.69, 9.17) is 15.3 Å². The molecule has 0 spiro atoms. The fraction of sp³-hybridized carbons (Fsp3) is 0.867. The molecule has 0 amide bonds. The molecule has 124 valence electrons. The first-order valence-electron chi connectivity index (χ1n) is 7.66. The van der Waals surface area contributed by atoms with Crippen molar-refractivity contribution in [3.05, 3.63) is 0 Å². The molecule has 0 radical (unpaired) electrons. The molecule has 0 rings (SSSR count). The number of unbranched alkanes of at least 4 members (excludes halogenated alkanes) is 7. The Balaban J connectivity index is 3.78. The van der Waals surface area contributed by atoms with Gasteiger partial charge in [-0.1, -0.05) is 44.9 Å². The SMILES string of the molecule is O=C(O)CC(O)(CCCCCCCCCCO)CC(=O)O. The quantitative estimate of drug-likeness (QED) is 0.366. The summed E-state index contributed by atoms with van der Waals surface area (Å²) in [5.74, 6) is -2.36. The van der Waals surface area contributed by atoms with Crippen LogP contribution in [0.2, 0.25) is 0 Å². The molecule has 0 aromatic heterocycles. The van der Waals surface area contributed by atoms with Crippen molar-refractivity contribution in [3.8, 4) is 0 Å². The molecule has 0 saturated heterocycles. The van der Waals surface area contributed by atoms with E-state index in [2.05, 4.69) is 0 Å². The van der Waals surface area contributed by atoms with Crippen molar-refractivity contribution in [1.82, 2.24) is 0 Å². The summed E-state index contributed by atoms with van der Waals surface area (Å²) < 4.78 is 0. The van der Waals surface area contributed by atoms with Crippen molar-refractivity contribution < 1.29 is 30.0 Å². The Hall–Kier alpha value is -1.14. The largest absolute Gasteiger partial charge is 0.481 e. The lowest BCUT2D eigenvalue weighted by Crippen LogP contribution is -2.34. The van der Waals surface area contributed by atoms with Crippen LogP contribution < -0.4 is 0 Å².